The number of nitrogens with one attached hydrogen (secondary N) is 1. The standard InChI is InChI=1S/C20H20ClF3N2O3/c21-15-10(2-1-3-14(15)20(22,23)24)9-29-17(27)12-5-4-11-13(12)8-26-16(11)19(6-7-19)18(25)28/h1-3,5,11,13,16,26H,4,6-9H2,(H2,25,28). The molecule has 1 heterocycles. The van der Waals surface area contributed by atoms with Gasteiger partial charge in [0.1, 0.15) is 6.61 Å². The van der Waals surface area contributed by atoms with Crippen LogP contribution in [0.5, 0.6) is 0 Å². The highest BCUT2D eigenvalue weighted by Gasteiger charge is 2.60. The molecular weight excluding hydrogens is 409 g/mol. The van der Waals surface area contributed by atoms with Gasteiger partial charge in [0.15, 0.2) is 0 Å². The highest BCUT2D eigenvalue weighted by molar-refractivity contribution is 6.32. The van der Waals surface area contributed by atoms with Gasteiger partial charge in [0.05, 0.1) is 16.0 Å². The fourth-order valence-electron chi connectivity index (χ4n) is 4.67. The van der Waals surface area contributed by atoms with Gasteiger partial charge in [-0.3, -0.25) is 4.79 Å². The number of nitrogens with two attached hydrogens (primary N) is 1. The number of carbonyl (C=O) groups excluding carboxylic acids is 2. The molecule has 0 radical (unpaired) electrons. The van der Waals surface area contributed by atoms with Gasteiger partial charge in [-0.1, -0.05) is 29.8 Å². The molecule has 29 heavy (non-hydrogen) atoms. The van der Waals surface area contributed by atoms with Gasteiger partial charge in [0.2, 0.25) is 5.91 Å². The van der Waals surface area contributed by atoms with Crippen molar-refractivity contribution >= 4 is 23.5 Å². The number of ether oxygens (including phenoxy) is 1. The summed E-state index contributed by atoms with van der Waals surface area (Å²) in [6, 6.07) is 3.44. The summed E-state index contributed by atoms with van der Waals surface area (Å²) in [5, 5.41) is 2.87. The third-order valence-corrected chi connectivity index (χ3v) is 6.81. The molecule has 4 rings (SSSR count). The fraction of sp³-hybridized carbons (Fsp3) is 0.500. The number of alkyl halides is 3. The molecular formula is C20H20ClF3N2O3. The summed E-state index contributed by atoms with van der Waals surface area (Å²) in [6.07, 6.45) is -0.654. The van der Waals surface area contributed by atoms with E-state index in [1.165, 1.54) is 12.1 Å². The normalized spacial score (nSPS) is 27.3. The lowest BCUT2D eigenvalue weighted by Crippen LogP contribution is -2.44. The van der Waals surface area contributed by atoms with Crippen molar-refractivity contribution in [2.75, 3.05) is 6.54 Å². The van der Waals surface area contributed by atoms with E-state index in [0.29, 0.717) is 18.5 Å². The first-order valence-corrected chi connectivity index (χ1v) is 9.78. The molecule has 9 heteroatoms. The molecule has 5 nitrogen and oxygen atoms in total. The monoisotopic (exact) mass is 428 g/mol. The zero-order chi connectivity index (χ0) is 21.0. The molecule has 1 aromatic carbocycles. The number of esters is 1. The van der Waals surface area contributed by atoms with E-state index in [1.807, 2.05) is 0 Å². The van der Waals surface area contributed by atoms with E-state index >= 15 is 0 Å². The van der Waals surface area contributed by atoms with Crippen molar-refractivity contribution in [3.05, 3.63) is 46.0 Å². The van der Waals surface area contributed by atoms with Crippen LogP contribution in [0.15, 0.2) is 29.8 Å². The molecule has 1 saturated carbocycles. The summed E-state index contributed by atoms with van der Waals surface area (Å²) in [6.45, 7) is 0.188. The van der Waals surface area contributed by atoms with Crippen molar-refractivity contribution in [3.63, 3.8) is 0 Å². The van der Waals surface area contributed by atoms with Crippen LogP contribution in [-0.2, 0) is 27.1 Å². The Balaban J connectivity index is 1.42. The van der Waals surface area contributed by atoms with E-state index in [0.717, 1.165) is 18.9 Å². The number of halogens is 4. The van der Waals surface area contributed by atoms with Crippen LogP contribution in [0.2, 0.25) is 5.02 Å². The average molecular weight is 429 g/mol. The summed E-state index contributed by atoms with van der Waals surface area (Å²) in [5.41, 5.74) is 4.68. The minimum absolute atomic E-state index is 0.0653. The van der Waals surface area contributed by atoms with Gasteiger partial charge < -0.3 is 15.8 Å². The Bertz CT molecular complexity index is 895. The number of hydrogen-bond acceptors (Lipinski definition) is 4. The summed E-state index contributed by atoms with van der Waals surface area (Å²) in [4.78, 5) is 24.4. The molecule has 0 spiro atoms. The van der Waals surface area contributed by atoms with Gasteiger partial charge >= 0.3 is 12.1 Å². The van der Waals surface area contributed by atoms with Gasteiger partial charge in [0.25, 0.3) is 0 Å². The van der Waals surface area contributed by atoms with Gasteiger partial charge in [-0.2, -0.15) is 13.2 Å². The van der Waals surface area contributed by atoms with E-state index in [1.54, 1.807) is 6.08 Å². The van der Waals surface area contributed by atoms with Crippen molar-refractivity contribution in [3.8, 4) is 0 Å². The van der Waals surface area contributed by atoms with Crippen LogP contribution in [0.3, 0.4) is 0 Å². The van der Waals surface area contributed by atoms with Crippen LogP contribution in [0.1, 0.15) is 30.4 Å². The Morgan fingerprint density at radius 2 is 2.03 bits per heavy atom. The number of benzene rings is 1. The van der Waals surface area contributed by atoms with Gasteiger partial charge in [-0.15, -0.1) is 0 Å². The summed E-state index contributed by atoms with van der Waals surface area (Å²) < 4.78 is 44.2. The van der Waals surface area contributed by atoms with Gasteiger partial charge in [0, 0.05) is 29.6 Å². The molecule has 2 aliphatic carbocycles. The number of primary amides is 1. The molecule has 3 atom stereocenters. The van der Waals surface area contributed by atoms with Gasteiger partial charge in [-0.25, -0.2) is 4.79 Å². The second-order valence-electron chi connectivity index (χ2n) is 7.92. The second-order valence-corrected chi connectivity index (χ2v) is 8.30. The molecule has 2 fully saturated rings. The molecule has 1 aromatic rings. The number of fused-ring (bicyclic) bond motifs is 1. The molecule has 0 bridgehead atoms. The Morgan fingerprint density at radius 1 is 1.31 bits per heavy atom. The number of hydrogen-bond donors (Lipinski definition) is 2. The number of rotatable bonds is 5. The van der Waals surface area contributed by atoms with Crippen molar-refractivity contribution < 1.29 is 27.5 Å². The third-order valence-electron chi connectivity index (χ3n) is 6.37. The molecule has 1 amide bonds. The minimum atomic E-state index is -4.58. The molecule has 1 aliphatic heterocycles. The average Bonchev–Trinajstić information content (AvgIpc) is 3.18. The van der Waals surface area contributed by atoms with Crippen LogP contribution in [0, 0.1) is 17.3 Å². The lowest BCUT2D eigenvalue weighted by Gasteiger charge is -2.25. The predicted octanol–water partition coefficient (Wildman–Crippen LogP) is 3.20. The van der Waals surface area contributed by atoms with Gasteiger partial charge in [-0.05, 0) is 31.2 Å². The molecule has 0 aromatic heterocycles. The zero-order valence-corrected chi connectivity index (χ0v) is 16.1. The van der Waals surface area contributed by atoms with E-state index in [2.05, 4.69) is 5.32 Å². The number of allylic oxidation sites excluding steroid dienone is 1. The maximum atomic E-state index is 13.0. The SMILES string of the molecule is NC(=O)C1(C2NCC3C(C(=O)OCc4cccc(C(F)(F)F)c4Cl)=CCC32)CC1. The molecule has 3 N–H and O–H groups in total. The Kier molecular flexibility index (Phi) is 4.90. The Labute approximate surface area is 170 Å². The summed E-state index contributed by atoms with van der Waals surface area (Å²) in [5.74, 6) is -0.894. The fourth-order valence-corrected chi connectivity index (χ4v) is 4.95. The van der Waals surface area contributed by atoms with E-state index in [-0.39, 0.29) is 36.0 Å². The minimum Gasteiger partial charge on any atom is -0.457 e. The van der Waals surface area contributed by atoms with Crippen LogP contribution < -0.4 is 11.1 Å². The lowest BCUT2D eigenvalue weighted by atomic mass is 9.81. The third kappa shape index (κ3) is 3.42. The Morgan fingerprint density at radius 3 is 2.66 bits per heavy atom. The van der Waals surface area contributed by atoms with E-state index in [4.69, 9.17) is 22.1 Å². The quantitative estimate of drug-likeness (QED) is 0.706. The zero-order valence-electron chi connectivity index (χ0n) is 15.4. The maximum absolute atomic E-state index is 13.0. The van der Waals surface area contributed by atoms with Crippen LogP contribution in [-0.4, -0.2) is 24.5 Å². The molecule has 3 unspecified atom stereocenters. The van der Waals surface area contributed by atoms with Crippen molar-refractivity contribution in [1.29, 1.82) is 0 Å². The van der Waals surface area contributed by atoms with Crippen LogP contribution >= 0.6 is 11.6 Å². The molecule has 3 aliphatic rings. The molecule has 156 valence electrons. The maximum Gasteiger partial charge on any atom is 0.417 e. The molecule has 1 saturated heterocycles. The first-order valence-electron chi connectivity index (χ1n) is 9.40. The van der Waals surface area contributed by atoms with Crippen molar-refractivity contribution in [2.24, 2.45) is 23.0 Å². The first kappa shape index (κ1) is 20.2. The summed E-state index contributed by atoms with van der Waals surface area (Å²) >= 11 is 5.85. The first-order chi connectivity index (χ1) is 13.6. The Hall–Kier alpha value is -2.06. The highest BCUT2D eigenvalue weighted by Crippen LogP contribution is 2.55. The smallest absolute Gasteiger partial charge is 0.417 e. The highest BCUT2D eigenvalue weighted by atomic mass is 35.5. The lowest BCUT2D eigenvalue weighted by molar-refractivity contribution is -0.140. The predicted molar refractivity (Wildman–Crippen MR) is 98.6 cm³/mol. The van der Waals surface area contributed by atoms with Crippen molar-refractivity contribution in [2.45, 2.75) is 38.1 Å². The largest absolute Gasteiger partial charge is 0.457 e. The van der Waals surface area contributed by atoms with Crippen LogP contribution in [0.4, 0.5) is 13.2 Å². The van der Waals surface area contributed by atoms with Crippen LogP contribution in [0.25, 0.3) is 0 Å². The van der Waals surface area contributed by atoms with E-state index < -0.39 is 28.1 Å². The van der Waals surface area contributed by atoms with Crippen molar-refractivity contribution in [1.82, 2.24) is 5.32 Å². The topological polar surface area (TPSA) is 81.4 Å². The van der Waals surface area contributed by atoms with E-state index in [9.17, 15) is 22.8 Å². The summed E-state index contributed by atoms with van der Waals surface area (Å²) in [7, 11) is 0. The number of amides is 1. The number of carbonyl (C=O) groups is 2. The second kappa shape index (κ2) is 7.02.